The second-order valence-electron chi connectivity index (χ2n) is 8.29. The van der Waals surface area contributed by atoms with Crippen molar-refractivity contribution >= 4 is 24.5 Å². The molecule has 3 aromatic carbocycles. The summed E-state index contributed by atoms with van der Waals surface area (Å²) in [5, 5.41) is 2.39. The summed E-state index contributed by atoms with van der Waals surface area (Å²) in [6.45, 7) is 8.41. The molecular weight excluding hydrogens is 360 g/mol. The Morgan fingerprint density at radius 1 is 0.821 bits per heavy atom. The first-order valence-electron chi connectivity index (χ1n) is 9.71. The van der Waals surface area contributed by atoms with Crippen LogP contribution in [-0.2, 0) is 11.2 Å². The number of carbonyl (C=O) groups excluding carboxylic acids is 1. The van der Waals surface area contributed by atoms with Crippen LogP contribution in [0.2, 0.25) is 5.04 Å². The average molecular weight is 389 g/mol. The van der Waals surface area contributed by atoms with E-state index < -0.39 is 8.32 Å². The lowest BCUT2D eigenvalue weighted by Crippen LogP contribution is -2.68. The number of ketones is 1. The third kappa shape index (κ3) is 4.10. The van der Waals surface area contributed by atoms with Crippen molar-refractivity contribution in [2.45, 2.75) is 39.2 Å². The summed E-state index contributed by atoms with van der Waals surface area (Å²) in [5.74, 6) is 0.982. The van der Waals surface area contributed by atoms with E-state index >= 15 is 0 Å². The highest BCUT2D eigenvalue weighted by atomic mass is 28.4. The predicted molar refractivity (Wildman–Crippen MR) is 119 cm³/mol. The van der Waals surface area contributed by atoms with E-state index in [1.54, 1.807) is 6.92 Å². The van der Waals surface area contributed by atoms with Gasteiger partial charge >= 0.3 is 8.32 Å². The van der Waals surface area contributed by atoms with Gasteiger partial charge in [-0.2, -0.15) is 0 Å². The van der Waals surface area contributed by atoms with E-state index in [4.69, 9.17) is 4.43 Å². The zero-order valence-corrected chi connectivity index (χ0v) is 18.1. The summed E-state index contributed by atoms with van der Waals surface area (Å²) >= 11 is 0. The molecule has 0 N–H and O–H groups in total. The zero-order chi connectivity index (χ0) is 20.2. The number of hydrogen-bond donors (Lipinski definition) is 0. The minimum absolute atomic E-state index is 0.0910. The van der Waals surface area contributed by atoms with Crippen LogP contribution in [0, 0.1) is 0 Å². The SMILES string of the molecule is CC(=O)Cc1cccc(O[Si](c2ccccc2)(c2ccccc2)C(C)(C)C)c1. The third-order valence-electron chi connectivity index (χ3n) is 5.04. The van der Waals surface area contributed by atoms with Gasteiger partial charge in [0.25, 0.3) is 0 Å². The van der Waals surface area contributed by atoms with Gasteiger partial charge in [-0.1, -0.05) is 93.6 Å². The quantitative estimate of drug-likeness (QED) is 0.569. The first-order chi connectivity index (χ1) is 13.3. The third-order valence-corrected chi connectivity index (χ3v) is 9.99. The van der Waals surface area contributed by atoms with Crippen molar-refractivity contribution in [2.75, 3.05) is 0 Å². The summed E-state index contributed by atoms with van der Waals surface area (Å²) < 4.78 is 6.99. The fourth-order valence-corrected chi connectivity index (χ4v) is 8.24. The predicted octanol–water partition coefficient (Wildman–Crippen LogP) is 4.76. The standard InChI is InChI=1S/C25H28O2Si/c1-20(26)18-21-12-11-13-22(19-21)27-28(25(2,3)4,23-14-7-5-8-15-23)24-16-9-6-10-17-24/h5-17,19H,18H2,1-4H3. The van der Waals surface area contributed by atoms with Crippen LogP contribution in [0.3, 0.4) is 0 Å². The van der Waals surface area contributed by atoms with Crippen molar-refractivity contribution in [1.82, 2.24) is 0 Å². The molecule has 0 atom stereocenters. The Bertz CT molecular complexity index is 888. The number of hydrogen-bond acceptors (Lipinski definition) is 2. The molecule has 0 spiro atoms. The number of carbonyl (C=O) groups is 1. The van der Waals surface area contributed by atoms with Crippen molar-refractivity contribution in [3.05, 3.63) is 90.5 Å². The molecule has 0 amide bonds. The summed E-state index contributed by atoms with van der Waals surface area (Å²) in [5.41, 5.74) is 0.989. The Labute approximate surface area is 169 Å². The molecule has 0 aliphatic rings. The van der Waals surface area contributed by atoms with Crippen molar-refractivity contribution in [3.63, 3.8) is 0 Å². The number of rotatable bonds is 6. The van der Waals surface area contributed by atoms with Gasteiger partial charge in [-0.3, -0.25) is 4.79 Å². The summed E-state index contributed by atoms with van der Waals surface area (Å²) in [6, 6.07) is 29.1. The highest BCUT2D eigenvalue weighted by molar-refractivity contribution is 7.00. The minimum Gasteiger partial charge on any atom is -0.534 e. The Kier molecular flexibility index (Phi) is 5.85. The molecule has 3 rings (SSSR count). The highest BCUT2D eigenvalue weighted by Crippen LogP contribution is 2.37. The lowest BCUT2D eigenvalue weighted by Gasteiger charge is -2.43. The molecule has 3 aromatic rings. The minimum atomic E-state index is -2.64. The van der Waals surface area contributed by atoms with Gasteiger partial charge in [0, 0.05) is 6.42 Å². The van der Waals surface area contributed by atoms with Crippen LogP contribution in [0.15, 0.2) is 84.9 Å². The van der Waals surface area contributed by atoms with Crippen molar-refractivity contribution in [1.29, 1.82) is 0 Å². The Morgan fingerprint density at radius 3 is 1.82 bits per heavy atom. The lowest BCUT2D eigenvalue weighted by molar-refractivity contribution is -0.116. The van der Waals surface area contributed by atoms with Gasteiger partial charge < -0.3 is 4.43 Å². The van der Waals surface area contributed by atoms with Crippen LogP contribution >= 0.6 is 0 Å². The van der Waals surface area contributed by atoms with E-state index in [1.807, 2.05) is 36.4 Å². The highest BCUT2D eigenvalue weighted by Gasteiger charge is 2.52. The van der Waals surface area contributed by atoms with E-state index in [-0.39, 0.29) is 10.8 Å². The molecule has 0 aliphatic carbocycles. The van der Waals surface area contributed by atoms with E-state index in [1.165, 1.54) is 10.4 Å². The summed E-state index contributed by atoms with van der Waals surface area (Å²) in [4.78, 5) is 11.6. The normalized spacial score (nSPS) is 11.9. The van der Waals surface area contributed by atoms with Gasteiger partial charge in [0.05, 0.1) is 0 Å². The fourth-order valence-electron chi connectivity index (χ4n) is 3.83. The fraction of sp³-hybridized carbons (Fsp3) is 0.240. The maximum atomic E-state index is 11.6. The molecule has 2 nitrogen and oxygen atoms in total. The maximum absolute atomic E-state index is 11.6. The molecule has 0 radical (unpaired) electrons. The van der Waals surface area contributed by atoms with Crippen LogP contribution in [0.1, 0.15) is 33.3 Å². The molecule has 0 aromatic heterocycles. The molecule has 28 heavy (non-hydrogen) atoms. The topological polar surface area (TPSA) is 26.3 Å². The van der Waals surface area contributed by atoms with Crippen molar-refractivity contribution < 1.29 is 9.22 Å². The zero-order valence-electron chi connectivity index (χ0n) is 17.1. The molecule has 3 heteroatoms. The monoisotopic (exact) mass is 388 g/mol. The molecule has 0 unspecified atom stereocenters. The molecule has 0 saturated carbocycles. The van der Waals surface area contributed by atoms with E-state index in [0.717, 1.165) is 11.3 Å². The van der Waals surface area contributed by atoms with E-state index in [2.05, 4.69) is 69.3 Å². The van der Waals surface area contributed by atoms with Crippen molar-refractivity contribution in [3.8, 4) is 5.75 Å². The molecule has 0 heterocycles. The van der Waals surface area contributed by atoms with Crippen LogP contribution in [0.5, 0.6) is 5.75 Å². The summed E-state index contributed by atoms with van der Waals surface area (Å²) in [6.07, 6.45) is 0.429. The van der Waals surface area contributed by atoms with Crippen LogP contribution in [-0.4, -0.2) is 14.1 Å². The van der Waals surface area contributed by atoms with E-state index in [0.29, 0.717) is 6.42 Å². The number of Topliss-reactive ketones (excluding diaryl/α,β-unsaturated/α-hetero) is 1. The van der Waals surface area contributed by atoms with Gasteiger partial charge in [0.15, 0.2) is 0 Å². The molecule has 0 fully saturated rings. The van der Waals surface area contributed by atoms with Crippen LogP contribution in [0.25, 0.3) is 0 Å². The summed E-state index contributed by atoms with van der Waals surface area (Å²) in [7, 11) is -2.64. The van der Waals surface area contributed by atoms with Gasteiger partial charge in [0.1, 0.15) is 11.5 Å². The Morgan fingerprint density at radius 2 is 1.36 bits per heavy atom. The van der Waals surface area contributed by atoms with E-state index in [9.17, 15) is 4.79 Å². The maximum Gasteiger partial charge on any atom is 0.319 e. The molecule has 0 bridgehead atoms. The number of benzene rings is 3. The van der Waals surface area contributed by atoms with Crippen LogP contribution < -0.4 is 14.8 Å². The molecule has 0 aliphatic heterocycles. The molecule has 144 valence electrons. The largest absolute Gasteiger partial charge is 0.534 e. The Balaban J connectivity index is 2.18. The molecule has 0 saturated heterocycles. The van der Waals surface area contributed by atoms with Gasteiger partial charge in [0.2, 0.25) is 0 Å². The average Bonchev–Trinajstić information content (AvgIpc) is 2.66. The van der Waals surface area contributed by atoms with Gasteiger partial charge in [-0.15, -0.1) is 0 Å². The second kappa shape index (κ2) is 8.15. The van der Waals surface area contributed by atoms with Crippen molar-refractivity contribution in [2.24, 2.45) is 0 Å². The second-order valence-corrected chi connectivity index (χ2v) is 12.5. The van der Waals surface area contributed by atoms with Crippen LogP contribution in [0.4, 0.5) is 0 Å². The van der Waals surface area contributed by atoms with Gasteiger partial charge in [-0.25, -0.2) is 0 Å². The molecular formula is C25H28O2Si. The lowest BCUT2D eigenvalue weighted by atomic mass is 10.1. The first kappa shape index (κ1) is 20.1. The Hall–Kier alpha value is -2.65. The van der Waals surface area contributed by atoms with Gasteiger partial charge in [-0.05, 0) is 40.0 Å². The smallest absolute Gasteiger partial charge is 0.319 e. The first-order valence-corrected chi connectivity index (χ1v) is 11.6.